The topological polar surface area (TPSA) is 26.8 Å². The number of carbonyl (C=O) groups excluding carboxylic acids is 1. The lowest BCUT2D eigenvalue weighted by Gasteiger charge is -2.45. The predicted octanol–water partition coefficient (Wildman–Crippen LogP) is 2.80. The third-order valence-electron chi connectivity index (χ3n) is 5.24. The Hall–Kier alpha value is -1.39. The summed E-state index contributed by atoms with van der Waals surface area (Å²) in [6.45, 7) is 10.5. The van der Waals surface area contributed by atoms with E-state index in [2.05, 4.69) is 73.8 Å². The van der Waals surface area contributed by atoms with E-state index in [1.807, 2.05) is 0 Å². The van der Waals surface area contributed by atoms with E-state index in [1.54, 1.807) is 0 Å². The van der Waals surface area contributed by atoms with Gasteiger partial charge in [-0.1, -0.05) is 29.8 Å². The number of piperazine rings is 1. The highest BCUT2D eigenvalue weighted by atomic mass is 16.2. The Morgan fingerprint density at radius 1 is 1.12 bits per heavy atom. The summed E-state index contributed by atoms with van der Waals surface area (Å²) in [4.78, 5) is 19.4. The number of hydrogen-bond donors (Lipinski definition) is 0. The first-order chi connectivity index (χ1) is 11.9. The highest BCUT2D eigenvalue weighted by Gasteiger charge is 2.31. The van der Waals surface area contributed by atoms with Gasteiger partial charge in [0.1, 0.15) is 0 Å². The summed E-state index contributed by atoms with van der Waals surface area (Å²) in [7, 11) is 4.23. The van der Waals surface area contributed by atoms with Crippen LogP contribution in [0.3, 0.4) is 0 Å². The Morgan fingerprint density at radius 2 is 1.72 bits per heavy atom. The molecule has 4 nitrogen and oxygen atoms in total. The number of nitrogens with zero attached hydrogens (tertiary/aromatic N) is 3. The maximum atomic E-state index is 12.6. The molecule has 1 heterocycles. The van der Waals surface area contributed by atoms with Gasteiger partial charge in [0.15, 0.2) is 0 Å². The Labute approximate surface area is 153 Å². The summed E-state index contributed by atoms with van der Waals surface area (Å²) in [6, 6.07) is 9.51. The fourth-order valence-corrected chi connectivity index (χ4v) is 3.67. The van der Waals surface area contributed by atoms with Crippen LogP contribution in [0.5, 0.6) is 0 Å². The second-order valence-corrected chi connectivity index (χ2v) is 7.88. The van der Waals surface area contributed by atoms with E-state index < -0.39 is 0 Å². The van der Waals surface area contributed by atoms with Crippen molar-refractivity contribution >= 4 is 5.91 Å². The molecule has 1 fully saturated rings. The standard InChI is InChI=1S/C21H35N3O/c1-17-9-11-20(12-10-17)7-6-8-21(25)23-15-18(2)24(19(3)16-23)14-13-22(4)5/h9-12,18-19H,6-8,13-16H2,1-5H3. The van der Waals surface area contributed by atoms with Gasteiger partial charge < -0.3 is 9.80 Å². The van der Waals surface area contributed by atoms with Crippen molar-refractivity contribution in [3.8, 4) is 0 Å². The molecular weight excluding hydrogens is 310 g/mol. The zero-order valence-electron chi connectivity index (χ0n) is 16.7. The van der Waals surface area contributed by atoms with Gasteiger partial charge in [-0.15, -0.1) is 0 Å². The molecule has 0 saturated carbocycles. The van der Waals surface area contributed by atoms with Crippen molar-refractivity contribution in [3.63, 3.8) is 0 Å². The molecule has 1 saturated heterocycles. The monoisotopic (exact) mass is 345 g/mol. The number of aryl methyl sites for hydroxylation is 2. The van der Waals surface area contributed by atoms with E-state index in [0.29, 0.717) is 24.4 Å². The number of hydrogen-bond acceptors (Lipinski definition) is 3. The van der Waals surface area contributed by atoms with E-state index in [1.165, 1.54) is 11.1 Å². The lowest BCUT2D eigenvalue weighted by atomic mass is 10.0. The molecule has 0 spiro atoms. The SMILES string of the molecule is Cc1ccc(CCCC(=O)N2CC(C)N(CCN(C)C)C(C)C2)cc1. The number of carbonyl (C=O) groups is 1. The largest absolute Gasteiger partial charge is 0.340 e. The van der Waals surface area contributed by atoms with Crippen molar-refractivity contribution in [3.05, 3.63) is 35.4 Å². The van der Waals surface area contributed by atoms with Crippen molar-refractivity contribution in [2.45, 2.75) is 52.1 Å². The molecule has 1 aliphatic heterocycles. The smallest absolute Gasteiger partial charge is 0.222 e. The first kappa shape index (κ1) is 19.9. The van der Waals surface area contributed by atoms with Gasteiger partial charge in [0.2, 0.25) is 5.91 Å². The lowest BCUT2D eigenvalue weighted by molar-refractivity contribution is -0.135. The maximum Gasteiger partial charge on any atom is 0.222 e. The molecular formula is C21H35N3O. The number of rotatable bonds is 7. The molecule has 0 bridgehead atoms. The van der Waals surface area contributed by atoms with Crippen molar-refractivity contribution in [1.29, 1.82) is 0 Å². The normalized spacial score (nSPS) is 21.8. The average molecular weight is 346 g/mol. The highest BCUT2D eigenvalue weighted by Crippen LogP contribution is 2.17. The molecule has 0 aliphatic carbocycles. The molecule has 2 atom stereocenters. The zero-order chi connectivity index (χ0) is 18.4. The van der Waals surface area contributed by atoms with E-state index in [0.717, 1.165) is 39.0 Å². The first-order valence-electron chi connectivity index (χ1n) is 9.60. The van der Waals surface area contributed by atoms with Crippen LogP contribution in [0.4, 0.5) is 0 Å². The minimum absolute atomic E-state index is 0.318. The molecule has 1 aliphatic rings. The molecule has 140 valence electrons. The minimum atomic E-state index is 0.318. The van der Waals surface area contributed by atoms with Crippen LogP contribution < -0.4 is 0 Å². The van der Waals surface area contributed by atoms with E-state index in [9.17, 15) is 4.79 Å². The summed E-state index contributed by atoms with van der Waals surface area (Å²) in [5, 5.41) is 0. The van der Waals surface area contributed by atoms with Crippen molar-refractivity contribution in [2.75, 3.05) is 40.3 Å². The fraction of sp³-hybridized carbons (Fsp3) is 0.667. The van der Waals surface area contributed by atoms with Gasteiger partial charge in [-0.05, 0) is 53.3 Å². The van der Waals surface area contributed by atoms with Gasteiger partial charge in [0.05, 0.1) is 0 Å². The van der Waals surface area contributed by atoms with Crippen LogP contribution in [0.15, 0.2) is 24.3 Å². The van der Waals surface area contributed by atoms with Crippen LogP contribution in [0.2, 0.25) is 0 Å². The minimum Gasteiger partial charge on any atom is -0.340 e. The summed E-state index contributed by atoms with van der Waals surface area (Å²) < 4.78 is 0. The summed E-state index contributed by atoms with van der Waals surface area (Å²) in [6.07, 6.45) is 2.58. The second kappa shape index (κ2) is 9.35. The predicted molar refractivity (Wildman–Crippen MR) is 105 cm³/mol. The number of amides is 1. The van der Waals surface area contributed by atoms with Crippen LogP contribution >= 0.6 is 0 Å². The summed E-state index contributed by atoms with van der Waals surface area (Å²) >= 11 is 0. The van der Waals surface area contributed by atoms with Gasteiger partial charge in [0.25, 0.3) is 0 Å². The maximum absolute atomic E-state index is 12.6. The average Bonchev–Trinajstić information content (AvgIpc) is 2.55. The highest BCUT2D eigenvalue weighted by molar-refractivity contribution is 5.76. The Kier molecular flexibility index (Phi) is 7.45. The Morgan fingerprint density at radius 3 is 2.28 bits per heavy atom. The van der Waals surface area contributed by atoms with Crippen molar-refractivity contribution < 1.29 is 4.79 Å². The number of benzene rings is 1. The first-order valence-corrected chi connectivity index (χ1v) is 9.60. The van der Waals surface area contributed by atoms with Gasteiger partial charge in [-0.2, -0.15) is 0 Å². The molecule has 2 unspecified atom stereocenters. The second-order valence-electron chi connectivity index (χ2n) is 7.88. The Balaban J connectivity index is 1.77. The van der Waals surface area contributed by atoms with E-state index >= 15 is 0 Å². The van der Waals surface area contributed by atoms with Gasteiger partial charge >= 0.3 is 0 Å². The molecule has 1 amide bonds. The third-order valence-corrected chi connectivity index (χ3v) is 5.24. The molecule has 0 aromatic heterocycles. The molecule has 1 aromatic rings. The van der Waals surface area contributed by atoms with Crippen LogP contribution in [0.25, 0.3) is 0 Å². The van der Waals surface area contributed by atoms with E-state index in [-0.39, 0.29) is 0 Å². The lowest BCUT2D eigenvalue weighted by Crippen LogP contribution is -2.59. The van der Waals surface area contributed by atoms with Crippen molar-refractivity contribution in [2.24, 2.45) is 0 Å². The van der Waals surface area contributed by atoms with Crippen LogP contribution in [-0.2, 0) is 11.2 Å². The Bertz CT molecular complexity index is 529. The van der Waals surface area contributed by atoms with Crippen LogP contribution in [0, 0.1) is 6.92 Å². The molecule has 25 heavy (non-hydrogen) atoms. The van der Waals surface area contributed by atoms with Gasteiger partial charge in [0, 0.05) is 44.7 Å². The number of likely N-dealkylation sites (N-methyl/N-ethyl adjacent to an activating group) is 1. The van der Waals surface area contributed by atoms with E-state index in [4.69, 9.17) is 0 Å². The van der Waals surface area contributed by atoms with Crippen LogP contribution in [-0.4, -0.2) is 73.0 Å². The summed E-state index contributed by atoms with van der Waals surface area (Å²) in [5.74, 6) is 0.318. The molecule has 2 rings (SSSR count). The third kappa shape index (κ3) is 6.12. The summed E-state index contributed by atoms with van der Waals surface area (Å²) in [5.41, 5.74) is 2.61. The quantitative estimate of drug-likeness (QED) is 0.760. The molecule has 0 radical (unpaired) electrons. The van der Waals surface area contributed by atoms with Crippen LogP contribution in [0.1, 0.15) is 37.8 Å². The molecule has 0 N–H and O–H groups in total. The van der Waals surface area contributed by atoms with Crippen molar-refractivity contribution in [1.82, 2.24) is 14.7 Å². The molecule has 1 aromatic carbocycles. The molecule has 4 heteroatoms. The fourth-order valence-electron chi connectivity index (χ4n) is 3.67. The van der Waals surface area contributed by atoms with Gasteiger partial charge in [-0.3, -0.25) is 9.69 Å². The zero-order valence-corrected chi connectivity index (χ0v) is 16.7. The van der Waals surface area contributed by atoms with Gasteiger partial charge in [-0.25, -0.2) is 0 Å².